The van der Waals surface area contributed by atoms with E-state index in [1.165, 1.54) is 0 Å². The molecule has 3 N–H and O–H groups in total. The Kier molecular flexibility index (Phi) is 5.47. The van der Waals surface area contributed by atoms with Crippen LogP contribution in [0.1, 0.15) is 30.3 Å². The van der Waals surface area contributed by atoms with Crippen molar-refractivity contribution < 1.29 is 9.26 Å². The maximum Gasteiger partial charge on any atom is 0.249 e. The van der Waals surface area contributed by atoms with Crippen LogP contribution in [0.5, 0.6) is 5.75 Å². The van der Waals surface area contributed by atoms with E-state index in [1.54, 1.807) is 16.7 Å². The molecule has 2 aromatic heterocycles. The Morgan fingerprint density at radius 1 is 1.15 bits per heavy atom. The Balaban J connectivity index is 1.26. The number of methoxy groups -OCH3 is 1. The molecule has 0 radical (unpaired) electrons. The number of nitrogens with zero attached hydrogens (tertiary/aromatic N) is 6. The molecule has 2 aromatic carbocycles. The minimum absolute atomic E-state index is 0.0323. The van der Waals surface area contributed by atoms with Crippen LogP contribution in [0, 0.1) is 5.41 Å². The first-order valence-corrected chi connectivity index (χ1v) is 10.7. The van der Waals surface area contributed by atoms with Crippen molar-refractivity contribution in [1.29, 1.82) is 5.41 Å². The number of ether oxygens (including phenoxy) is 1. The summed E-state index contributed by atoms with van der Waals surface area (Å²) in [5, 5.41) is 20.4. The highest BCUT2D eigenvalue weighted by atomic mass is 16.5. The van der Waals surface area contributed by atoms with Crippen molar-refractivity contribution in [2.75, 3.05) is 13.7 Å². The molecule has 10 nitrogen and oxygen atoms in total. The van der Waals surface area contributed by atoms with Gasteiger partial charge >= 0.3 is 0 Å². The van der Waals surface area contributed by atoms with E-state index in [1.807, 2.05) is 54.7 Å². The van der Waals surface area contributed by atoms with Crippen LogP contribution >= 0.6 is 0 Å². The van der Waals surface area contributed by atoms with Crippen LogP contribution in [-0.2, 0) is 6.54 Å². The third kappa shape index (κ3) is 4.27. The molecular formula is C23H24N8O2. The average Bonchev–Trinajstić information content (AvgIpc) is 3.60. The summed E-state index contributed by atoms with van der Waals surface area (Å²) in [5.41, 5.74) is 9.40. The molecule has 0 amide bonds. The van der Waals surface area contributed by atoms with E-state index in [9.17, 15) is 0 Å². The average molecular weight is 444 g/mol. The van der Waals surface area contributed by atoms with E-state index >= 15 is 0 Å². The summed E-state index contributed by atoms with van der Waals surface area (Å²) in [5.74, 6) is 1.86. The van der Waals surface area contributed by atoms with Crippen LogP contribution in [0.25, 0.3) is 22.6 Å². The lowest BCUT2D eigenvalue weighted by atomic mass is 10.1. The maximum absolute atomic E-state index is 7.72. The number of hydrogen-bond acceptors (Lipinski definition) is 7. The predicted octanol–water partition coefficient (Wildman–Crippen LogP) is 3.08. The molecule has 10 heteroatoms. The zero-order chi connectivity index (χ0) is 22.8. The molecule has 33 heavy (non-hydrogen) atoms. The van der Waals surface area contributed by atoms with Gasteiger partial charge in [-0.1, -0.05) is 34.6 Å². The van der Waals surface area contributed by atoms with Crippen molar-refractivity contribution in [2.45, 2.75) is 25.4 Å². The number of nitrogens with one attached hydrogen (secondary N) is 1. The number of hydrogen-bond donors (Lipinski definition) is 2. The van der Waals surface area contributed by atoms with E-state index < -0.39 is 0 Å². The fraction of sp³-hybridized carbons (Fsp3) is 0.261. The molecule has 168 valence electrons. The van der Waals surface area contributed by atoms with Crippen molar-refractivity contribution >= 4 is 5.96 Å². The standard InChI is InChI=1S/C23H24N8O2/c1-32-18-10-8-16(9-11-18)19-14-30(29-27-19)13-15-4-6-17(7-5-15)21-26-22(33-28-21)20-3-2-12-31(20)23(24)25/h4-11,14,20H,2-3,12-13H2,1H3,(H3,24,25)/t20-/m0/s1. The van der Waals surface area contributed by atoms with Gasteiger partial charge in [0.2, 0.25) is 11.7 Å². The maximum atomic E-state index is 7.72. The minimum atomic E-state index is -0.129. The van der Waals surface area contributed by atoms with Crippen molar-refractivity contribution in [3.05, 3.63) is 66.2 Å². The smallest absolute Gasteiger partial charge is 0.249 e. The molecule has 1 fully saturated rings. The molecule has 4 aromatic rings. The van der Waals surface area contributed by atoms with Crippen molar-refractivity contribution in [1.82, 2.24) is 30.0 Å². The minimum Gasteiger partial charge on any atom is -0.497 e. The Labute approximate surface area is 190 Å². The van der Waals surface area contributed by atoms with Gasteiger partial charge in [0, 0.05) is 17.7 Å². The number of nitrogens with two attached hydrogens (primary N) is 1. The highest BCUT2D eigenvalue weighted by Crippen LogP contribution is 2.31. The fourth-order valence-corrected chi connectivity index (χ4v) is 4.02. The molecule has 5 rings (SSSR count). The summed E-state index contributed by atoms with van der Waals surface area (Å²) in [4.78, 5) is 6.34. The lowest BCUT2D eigenvalue weighted by molar-refractivity contribution is 0.283. The Morgan fingerprint density at radius 3 is 2.64 bits per heavy atom. The second-order valence-corrected chi connectivity index (χ2v) is 7.92. The largest absolute Gasteiger partial charge is 0.497 e. The fourth-order valence-electron chi connectivity index (χ4n) is 4.02. The first kappa shape index (κ1) is 20.7. The van der Waals surface area contributed by atoms with Gasteiger partial charge in [0.15, 0.2) is 5.96 Å². The molecular weight excluding hydrogens is 420 g/mol. The zero-order valence-corrected chi connectivity index (χ0v) is 18.2. The van der Waals surface area contributed by atoms with E-state index in [-0.39, 0.29) is 12.0 Å². The van der Waals surface area contributed by atoms with Crippen LogP contribution in [-0.4, -0.2) is 49.6 Å². The van der Waals surface area contributed by atoms with Gasteiger partial charge < -0.3 is 19.9 Å². The van der Waals surface area contributed by atoms with Crippen LogP contribution in [0.15, 0.2) is 59.3 Å². The monoisotopic (exact) mass is 444 g/mol. The molecule has 0 unspecified atom stereocenters. The first-order chi connectivity index (χ1) is 16.1. The molecule has 0 spiro atoms. The van der Waals surface area contributed by atoms with Gasteiger partial charge in [0.1, 0.15) is 17.5 Å². The quantitative estimate of drug-likeness (QED) is 0.342. The molecule has 1 aliphatic heterocycles. The summed E-state index contributed by atoms with van der Waals surface area (Å²) in [7, 11) is 1.64. The molecule has 1 aliphatic rings. The van der Waals surface area contributed by atoms with Crippen molar-refractivity contribution in [3.8, 4) is 28.4 Å². The van der Waals surface area contributed by atoms with Gasteiger partial charge in [-0.2, -0.15) is 4.98 Å². The highest BCUT2D eigenvalue weighted by molar-refractivity contribution is 5.75. The topological polar surface area (TPSA) is 132 Å². The molecule has 0 aliphatic carbocycles. The molecule has 3 heterocycles. The molecule has 1 atom stereocenters. The van der Waals surface area contributed by atoms with E-state index in [4.69, 9.17) is 20.4 Å². The van der Waals surface area contributed by atoms with Gasteiger partial charge in [-0.25, -0.2) is 4.68 Å². The molecule has 1 saturated heterocycles. The number of benzene rings is 2. The number of guanidine groups is 1. The Hall–Kier alpha value is -4.21. The van der Waals surface area contributed by atoms with Gasteiger partial charge in [0.25, 0.3) is 0 Å². The van der Waals surface area contributed by atoms with Crippen molar-refractivity contribution in [3.63, 3.8) is 0 Å². The van der Waals surface area contributed by atoms with E-state index in [0.29, 0.717) is 18.3 Å². The SMILES string of the molecule is COc1ccc(-c2cn(Cc3ccc(-c4noc([C@@H]5CCCN5C(=N)N)n4)cc3)nn2)cc1. The second kappa shape index (κ2) is 8.73. The van der Waals surface area contributed by atoms with Gasteiger partial charge in [-0.05, 0) is 42.7 Å². The van der Waals surface area contributed by atoms with Crippen LogP contribution in [0.2, 0.25) is 0 Å². The number of aromatic nitrogens is 5. The van der Waals surface area contributed by atoms with Gasteiger partial charge in [0.05, 0.1) is 19.9 Å². The normalized spacial score (nSPS) is 15.7. The summed E-state index contributed by atoms with van der Waals surface area (Å²) < 4.78 is 12.5. The number of likely N-dealkylation sites (tertiary alicyclic amines) is 1. The van der Waals surface area contributed by atoms with E-state index in [0.717, 1.165) is 47.5 Å². The highest BCUT2D eigenvalue weighted by Gasteiger charge is 2.31. The van der Waals surface area contributed by atoms with Crippen LogP contribution < -0.4 is 10.5 Å². The Morgan fingerprint density at radius 2 is 1.91 bits per heavy atom. The lowest BCUT2D eigenvalue weighted by Crippen LogP contribution is -2.35. The van der Waals surface area contributed by atoms with Crippen LogP contribution in [0.4, 0.5) is 0 Å². The third-order valence-electron chi connectivity index (χ3n) is 5.77. The van der Waals surface area contributed by atoms with Gasteiger partial charge in [-0.3, -0.25) is 5.41 Å². The number of rotatable bonds is 6. The summed E-state index contributed by atoms with van der Waals surface area (Å²) in [6.07, 6.45) is 3.71. The summed E-state index contributed by atoms with van der Waals surface area (Å²) in [6.45, 7) is 1.32. The van der Waals surface area contributed by atoms with Gasteiger partial charge in [-0.15, -0.1) is 5.10 Å². The predicted molar refractivity (Wildman–Crippen MR) is 121 cm³/mol. The molecule has 0 bridgehead atoms. The second-order valence-electron chi connectivity index (χ2n) is 7.92. The molecule has 0 saturated carbocycles. The third-order valence-corrected chi connectivity index (χ3v) is 5.77. The summed E-state index contributed by atoms with van der Waals surface area (Å²) in [6, 6.07) is 15.5. The van der Waals surface area contributed by atoms with Crippen LogP contribution in [0.3, 0.4) is 0 Å². The lowest BCUT2D eigenvalue weighted by Gasteiger charge is -2.21. The Bertz CT molecular complexity index is 1250. The van der Waals surface area contributed by atoms with Crippen molar-refractivity contribution in [2.24, 2.45) is 5.73 Å². The first-order valence-electron chi connectivity index (χ1n) is 10.7. The zero-order valence-electron chi connectivity index (χ0n) is 18.2. The summed E-state index contributed by atoms with van der Waals surface area (Å²) >= 11 is 0. The van der Waals surface area contributed by atoms with E-state index in [2.05, 4.69) is 20.5 Å².